The molecule has 1 aromatic carbocycles. The van der Waals surface area contributed by atoms with Crippen LogP contribution in [0.25, 0.3) is 0 Å². The van der Waals surface area contributed by atoms with E-state index in [1.807, 2.05) is 13.0 Å². The lowest BCUT2D eigenvalue weighted by Gasteiger charge is -2.06. The number of ether oxygens (including phenoxy) is 1. The maximum absolute atomic E-state index is 13.0. The fourth-order valence-electron chi connectivity index (χ4n) is 1.27. The largest absolute Gasteiger partial charge is 0.490 e. The average Bonchev–Trinajstić information content (AvgIpc) is 2.87. The quantitative estimate of drug-likeness (QED) is 0.695. The Morgan fingerprint density at radius 2 is 2.15 bits per heavy atom. The van der Waals surface area contributed by atoms with Crippen molar-refractivity contribution in [3.63, 3.8) is 0 Å². The smallest absolute Gasteiger partial charge is 0.127 e. The lowest BCUT2D eigenvalue weighted by atomic mass is 10.1. The number of benzene rings is 1. The van der Waals surface area contributed by atoms with Crippen molar-refractivity contribution in [2.45, 2.75) is 32.3 Å². The van der Waals surface area contributed by atoms with Gasteiger partial charge in [-0.3, -0.25) is 0 Å². The van der Waals surface area contributed by atoms with Crippen molar-refractivity contribution in [3.8, 4) is 5.75 Å². The Hall–Kier alpha value is -1.05. The van der Waals surface area contributed by atoms with Gasteiger partial charge < -0.3 is 4.74 Å². The topological polar surface area (TPSA) is 9.23 Å². The highest BCUT2D eigenvalue weighted by atomic mass is 19.1. The Bertz CT molecular complexity index is 305. The minimum atomic E-state index is -0.199. The summed E-state index contributed by atoms with van der Waals surface area (Å²) < 4.78 is 18.5. The summed E-state index contributed by atoms with van der Waals surface area (Å²) in [7, 11) is 0. The van der Waals surface area contributed by atoms with Crippen LogP contribution in [0.1, 0.15) is 25.3 Å². The van der Waals surface area contributed by atoms with E-state index in [4.69, 9.17) is 4.74 Å². The molecule has 70 valence electrons. The molecule has 2 heteroatoms. The maximum atomic E-state index is 13.0. The predicted octanol–water partition coefficient (Wildman–Crippen LogP) is 2.93. The van der Waals surface area contributed by atoms with Gasteiger partial charge in [-0.1, -0.05) is 6.92 Å². The molecule has 0 atom stereocenters. The van der Waals surface area contributed by atoms with Gasteiger partial charge in [0.2, 0.25) is 0 Å². The normalized spacial score (nSPS) is 15.8. The van der Waals surface area contributed by atoms with Crippen molar-refractivity contribution in [2.75, 3.05) is 0 Å². The van der Waals surface area contributed by atoms with Gasteiger partial charge in [-0.25, -0.2) is 4.39 Å². The van der Waals surface area contributed by atoms with Gasteiger partial charge in [0, 0.05) is 6.07 Å². The molecule has 13 heavy (non-hydrogen) atoms. The van der Waals surface area contributed by atoms with E-state index in [1.165, 1.54) is 6.07 Å². The van der Waals surface area contributed by atoms with Crippen LogP contribution in [-0.4, -0.2) is 6.10 Å². The molecular weight excluding hydrogens is 167 g/mol. The summed E-state index contributed by atoms with van der Waals surface area (Å²) in [6.45, 7) is 2.01. The highest BCUT2D eigenvalue weighted by Gasteiger charge is 2.23. The first kappa shape index (κ1) is 8.54. The number of hydrogen-bond acceptors (Lipinski definition) is 1. The van der Waals surface area contributed by atoms with Crippen LogP contribution in [0.3, 0.4) is 0 Å². The zero-order chi connectivity index (χ0) is 9.26. The first-order chi connectivity index (χ1) is 6.28. The Kier molecular flexibility index (Phi) is 2.21. The van der Waals surface area contributed by atoms with E-state index in [0.717, 1.165) is 24.8 Å². The second-order valence-electron chi connectivity index (χ2n) is 3.47. The number of hydrogen-bond donors (Lipinski definition) is 0. The van der Waals surface area contributed by atoms with Crippen LogP contribution in [0.5, 0.6) is 5.75 Å². The van der Waals surface area contributed by atoms with Crippen LogP contribution in [0, 0.1) is 5.82 Å². The van der Waals surface area contributed by atoms with Crippen LogP contribution in [-0.2, 0) is 6.42 Å². The van der Waals surface area contributed by atoms with Crippen molar-refractivity contribution in [1.82, 2.24) is 0 Å². The molecule has 0 bridgehead atoms. The molecule has 0 radical (unpaired) electrons. The van der Waals surface area contributed by atoms with Gasteiger partial charge in [0.25, 0.3) is 0 Å². The third-order valence-corrected chi connectivity index (χ3v) is 2.17. The highest BCUT2D eigenvalue weighted by molar-refractivity contribution is 5.30. The van der Waals surface area contributed by atoms with E-state index < -0.39 is 0 Å². The Balaban J connectivity index is 2.17. The van der Waals surface area contributed by atoms with E-state index in [9.17, 15) is 4.39 Å². The molecule has 1 aliphatic carbocycles. The zero-order valence-electron chi connectivity index (χ0n) is 7.72. The van der Waals surface area contributed by atoms with Crippen LogP contribution < -0.4 is 4.74 Å². The first-order valence-electron chi connectivity index (χ1n) is 4.74. The van der Waals surface area contributed by atoms with Crippen LogP contribution >= 0.6 is 0 Å². The van der Waals surface area contributed by atoms with Gasteiger partial charge in [-0.2, -0.15) is 0 Å². The minimum absolute atomic E-state index is 0.199. The van der Waals surface area contributed by atoms with E-state index in [-0.39, 0.29) is 5.82 Å². The monoisotopic (exact) mass is 180 g/mol. The number of aryl methyl sites for hydroxylation is 1. The summed E-state index contributed by atoms with van der Waals surface area (Å²) in [5.74, 6) is 0.481. The molecule has 0 aromatic heterocycles. The van der Waals surface area contributed by atoms with Gasteiger partial charge in [0.05, 0.1) is 6.10 Å². The molecule has 1 aliphatic rings. The van der Waals surface area contributed by atoms with E-state index >= 15 is 0 Å². The summed E-state index contributed by atoms with van der Waals surface area (Å²) in [6.07, 6.45) is 3.40. The summed E-state index contributed by atoms with van der Waals surface area (Å²) in [6, 6.07) is 4.93. The number of halogens is 1. The van der Waals surface area contributed by atoms with Gasteiger partial charge in [0.1, 0.15) is 11.6 Å². The van der Waals surface area contributed by atoms with Crippen LogP contribution in [0.4, 0.5) is 4.39 Å². The Labute approximate surface area is 77.5 Å². The van der Waals surface area contributed by atoms with Crippen LogP contribution in [0.2, 0.25) is 0 Å². The van der Waals surface area contributed by atoms with Crippen LogP contribution in [0.15, 0.2) is 18.2 Å². The Morgan fingerprint density at radius 3 is 2.77 bits per heavy atom. The maximum Gasteiger partial charge on any atom is 0.127 e. The van der Waals surface area contributed by atoms with E-state index in [0.29, 0.717) is 11.9 Å². The van der Waals surface area contributed by atoms with E-state index in [1.54, 1.807) is 6.07 Å². The Morgan fingerprint density at radius 1 is 1.38 bits per heavy atom. The molecule has 1 aromatic rings. The van der Waals surface area contributed by atoms with Gasteiger partial charge >= 0.3 is 0 Å². The molecular formula is C11H13FO. The molecule has 2 rings (SSSR count). The highest BCUT2D eigenvalue weighted by Crippen LogP contribution is 2.27. The lowest BCUT2D eigenvalue weighted by Crippen LogP contribution is -1.97. The van der Waals surface area contributed by atoms with Crippen molar-refractivity contribution in [3.05, 3.63) is 29.6 Å². The summed E-state index contributed by atoms with van der Waals surface area (Å²) in [4.78, 5) is 0. The fourth-order valence-corrected chi connectivity index (χ4v) is 1.27. The molecule has 0 N–H and O–H groups in total. The predicted molar refractivity (Wildman–Crippen MR) is 49.4 cm³/mol. The third-order valence-electron chi connectivity index (χ3n) is 2.17. The molecule has 0 aliphatic heterocycles. The average molecular weight is 180 g/mol. The third kappa shape index (κ3) is 2.20. The second kappa shape index (κ2) is 3.36. The first-order valence-corrected chi connectivity index (χ1v) is 4.74. The molecule has 0 spiro atoms. The zero-order valence-corrected chi connectivity index (χ0v) is 7.72. The van der Waals surface area contributed by atoms with Crippen molar-refractivity contribution in [1.29, 1.82) is 0 Å². The summed E-state index contributed by atoms with van der Waals surface area (Å²) in [5.41, 5.74) is 0.996. The molecule has 0 saturated heterocycles. The van der Waals surface area contributed by atoms with Gasteiger partial charge in [0.15, 0.2) is 0 Å². The van der Waals surface area contributed by atoms with Crippen molar-refractivity contribution in [2.24, 2.45) is 0 Å². The molecule has 1 fully saturated rings. The summed E-state index contributed by atoms with van der Waals surface area (Å²) >= 11 is 0. The standard InChI is InChI=1S/C11H13FO/c1-2-8-5-9(12)7-11(6-8)13-10-3-4-10/h5-7,10H,2-4H2,1H3. The molecule has 1 saturated carbocycles. The lowest BCUT2D eigenvalue weighted by molar-refractivity contribution is 0.301. The fraction of sp³-hybridized carbons (Fsp3) is 0.455. The molecule has 0 heterocycles. The van der Waals surface area contributed by atoms with Crippen molar-refractivity contribution < 1.29 is 9.13 Å². The molecule has 1 nitrogen and oxygen atoms in total. The van der Waals surface area contributed by atoms with Crippen molar-refractivity contribution >= 4 is 0 Å². The summed E-state index contributed by atoms with van der Waals surface area (Å²) in [5, 5.41) is 0. The van der Waals surface area contributed by atoms with Gasteiger partial charge in [-0.05, 0) is 37.0 Å². The SMILES string of the molecule is CCc1cc(F)cc(OC2CC2)c1. The second-order valence-corrected chi connectivity index (χ2v) is 3.47. The van der Waals surface area contributed by atoms with E-state index in [2.05, 4.69) is 0 Å². The number of rotatable bonds is 3. The molecule has 0 unspecified atom stereocenters. The minimum Gasteiger partial charge on any atom is -0.490 e. The van der Waals surface area contributed by atoms with Gasteiger partial charge in [-0.15, -0.1) is 0 Å². The molecule has 0 amide bonds.